The molecule has 17 heavy (non-hydrogen) atoms. The van der Waals surface area contributed by atoms with Crippen LogP contribution in [0.25, 0.3) is 0 Å². The number of anilines is 2. The average Bonchev–Trinajstić information content (AvgIpc) is 2.34. The van der Waals surface area contributed by atoms with Gasteiger partial charge in [0.25, 0.3) is 0 Å². The van der Waals surface area contributed by atoms with Crippen molar-refractivity contribution in [3.63, 3.8) is 0 Å². The van der Waals surface area contributed by atoms with Crippen LogP contribution in [0.2, 0.25) is 5.02 Å². The molecule has 0 amide bonds. The number of methoxy groups -OCH3 is 1. The number of benzene rings is 1. The second-order valence-electron chi connectivity index (χ2n) is 4.27. The second kappa shape index (κ2) is 5.10. The molecule has 0 bridgehead atoms. The Morgan fingerprint density at radius 1 is 1.53 bits per heavy atom. The summed E-state index contributed by atoms with van der Waals surface area (Å²) in [6.45, 7) is 1.60. The fourth-order valence-corrected chi connectivity index (χ4v) is 2.35. The van der Waals surface area contributed by atoms with Gasteiger partial charge in [0.05, 0.1) is 22.5 Å². The Hall–Kier alpha value is -1.00. The molecule has 2 rings (SSSR count). The van der Waals surface area contributed by atoms with Crippen molar-refractivity contribution in [2.45, 2.75) is 18.9 Å². The molecule has 0 spiro atoms. The highest BCUT2D eigenvalue weighted by Gasteiger charge is 2.21. The second-order valence-corrected chi connectivity index (χ2v) is 4.68. The molecule has 1 aromatic carbocycles. The predicted octanol–water partition coefficient (Wildman–Crippen LogP) is 2.68. The number of hydrogen-bond donors (Lipinski definition) is 1. The minimum atomic E-state index is -0.435. The van der Waals surface area contributed by atoms with E-state index in [1.165, 1.54) is 12.1 Å². The lowest BCUT2D eigenvalue weighted by Gasteiger charge is -2.34. The summed E-state index contributed by atoms with van der Waals surface area (Å²) in [6, 6.07) is 2.86. The zero-order valence-corrected chi connectivity index (χ0v) is 10.5. The topological polar surface area (TPSA) is 38.5 Å². The predicted molar refractivity (Wildman–Crippen MR) is 68.1 cm³/mol. The molecule has 2 N–H and O–H groups in total. The normalized spacial score (nSPS) is 20.6. The lowest BCUT2D eigenvalue weighted by Crippen LogP contribution is -2.39. The fraction of sp³-hybridized carbons (Fsp3) is 0.500. The Labute approximate surface area is 105 Å². The molecule has 0 saturated carbocycles. The highest BCUT2D eigenvalue weighted by atomic mass is 35.5. The minimum Gasteiger partial charge on any atom is -0.397 e. The van der Waals surface area contributed by atoms with E-state index in [1.807, 2.05) is 4.90 Å². The molecule has 1 aromatic rings. The van der Waals surface area contributed by atoms with Gasteiger partial charge in [-0.1, -0.05) is 11.6 Å². The molecular weight excluding hydrogens is 243 g/mol. The first-order valence-corrected chi connectivity index (χ1v) is 6.02. The van der Waals surface area contributed by atoms with Crippen LogP contribution in [0.3, 0.4) is 0 Å². The van der Waals surface area contributed by atoms with Gasteiger partial charge in [0.15, 0.2) is 0 Å². The van der Waals surface area contributed by atoms with E-state index in [4.69, 9.17) is 22.1 Å². The number of rotatable bonds is 2. The van der Waals surface area contributed by atoms with E-state index in [9.17, 15) is 4.39 Å². The summed E-state index contributed by atoms with van der Waals surface area (Å²) in [4.78, 5) is 2.05. The third kappa shape index (κ3) is 2.64. The summed E-state index contributed by atoms with van der Waals surface area (Å²) >= 11 is 5.68. The van der Waals surface area contributed by atoms with Crippen molar-refractivity contribution in [1.29, 1.82) is 0 Å². The van der Waals surface area contributed by atoms with Gasteiger partial charge < -0.3 is 15.4 Å². The molecule has 1 heterocycles. The first-order valence-electron chi connectivity index (χ1n) is 5.64. The molecule has 1 fully saturated rings. The van der Waals surface area contributed by atoms with Crippen molar-refractivity contribution >= 4 is 23.0 Å². The van der Waals surface area contributed by atoms with Crippen molar-refractivity contribution in [3.05, 3.63) is 23.0 Å². The number of nitrogens with two attached hydrogens (primary N) is 1. The number of halogens is 2. The minimum absolute atomic E-state index is 0.0616. The summed E-state index contributed by atoms with van der Waals surface area (Å²) in [7, 11) is 1.69. The molecule has 1 unspecified atom stereocenters. The van der Waals surface area contributed by atoms with Gasteiger partial charge in [-0.3, -0.25) is 0 Å². The van der Waals surface area contributed by atoms with E-state index in [-0.39, 0.29) is 11.1 Å². The summed E-state index contributed by atoms with van der Waals surface area (Å²) in [5.41, 5.74) is 7.08. The van der Waals surface area contributed by atoms with Gasteiger partial charge in [-0.05, 0) is 18.9 Å². The number of nitrogen functional groups attached to an aromatic ring is 1. The quantitative estimate of drug-likeness (QED) is 0.829. The third-order valence-electron chi connectivity index (χ3n) is 3.12. The Morgan fingerprint density at radius 3 is 3.00 bits per heavy atom. The van der Waals surface area contributed by atoms with Gasteiger partial charge in [-0.2, -0.15) is 0 Å². The summed E-state index contributed by atoms with van der Waals surface area (Å²) in [5, 5.41) is 0.0616. The van der Waals surface area contributed by atoms with Crippen LogP contribution in [0, 0.1) is 5.82 Å². The molecule has 0 aromatic heterocycles. The highest BCUT2D eigenvalue weighted by Crippen LogP contribution is 2.31. The largest absolute Gasteiger partial charge is 0.397 e. The van der Waals surface area contributed by atoms with Gasteiger partial charge in [0.1, 0.15) is 5.82 Å². The monoisotopic (exact) mass is 258 g/mol. The van der Waals surface area contributed by atoms with E-state index in [0.29, 0.717) is 11.4 Å². The van der Waals surface area contributed by atoms with Crippen LogP contribution in [0.15, 0.2) is 12.1 Å². The molecule has 1 atom stereocenters. The molecule has 0 aliphatic carbocycles. The molecule has 0 radical (unpaired) electrons. The van der Waals surface area contributed by atoms with Crippen molar-refractivity contribution in [3.8, 4) is 0 Å². The standard InChI is InChI=1S/C12H16ClFN2O/c1-17-8-3-2-4-16(7-8)12-6-10(14)9(13)5-11(12)15/h5-6,8H,2-4,7,15H2,1H3. The van der Waals surface area contributed by atoms with E-state index in [0.717, 1.165) is 25.9 Å². The SMILES string of the molecule is COC1CCCN(c2cc(F)c(Cl)cc2N)C1. The average molecular weight is 259 g/mol. The Kier molecular flexibility index (Phi) is 3.74. The lowest BCUT2D eigenvalue weighted by molar-refractivity contribution is 0.0893. The molecule has 94 valence electrons. The maximum Gasteiger partial charge on any atom is 0.144 e. The van der Waals surface area contributed by atoms with Gasteiger partial charge in [-0.25, -0.2) is 4.39 Å². The van der Waals surface area contributed by atoms with Gasteiger partial charge in [-0.15, -0.1) is 0 Å². The van der Waals surface area contributed by atoms with Crippen LogP contribution in [0.1, 0.15) is 12.8 Å². The van der Waals surface area contributed by atoms with Crippen LogP contribution in [-0.2, 0) is 4.74 Å². The number of hydrogen-bond acceptors (Lipinski definition) is 3. The van der Waals surface area contributed by atoms with E-state index < -0.39 is 5.82 Å². The molecule has 3 nitrogen and oxygen atoms in total. The number of ether oxygens (including phenoxy) is 1. The maximum atomic E-state index is 13.4. The number of nitrogens with zero attached hydrogens (tertiary/aromatic N) is 1. The number of piperidine rings is 1. The third-order valence-corrected chi connectivity index (χ3v) is 3.41. The summed E-state index contributed by atoms with van der Waals surface area (Å²) < 4.78 is 18.8. The molecule has 1 aliphatic heterocycles. The van der Waals surface area contributed by atoms with E-state index >= 15 is 0 Å². The first-order chi connectivity index (χ1) is 8.11. The summed E-state index contributed by atoms with van der Waals surface area (Å²) in [5.74, 6) is -0.435. The Bertz CT molecular complexity index is 414. The van der Waals surface area contributed by atoms with E-state index in [2.05, 4.69) is 0 Å². The van der Waals surface area contributed by atoms with E-state index in [1.54, 1.807) is 7.11 Å². The van der Waals surface area contributed by atoms with Crippen LogP contribution in [0.5, 0.6) is 0 Å². The van der Waals surface area contributed by atoms with Crippen molar-refractivity contribution in [2.75, 3.05) is 30.8 Å². The molecule has 5 heteroatoms. The zero-order chi connectivity index (χ0) is 12.4. The van der Waals surface area contributed by atoms with Crippen LogP contribution < -0.4 is 10.6 Å². The van der Waals surface area contributed by atoms with Crippen LogP contribution in [0.4, 0.5) is 15.8 Å². The Morgan fingerprint density at radius 2 is 2.29 bits per heavy atom. The smallest absolute Gasteiger partial charge is 0.144 e. The lowest BCUT2D eigenvalue weighted by atomic mass is 10.1. The van der Waals surface area contributed by atoms with Crippen molar-refractivity contribution in [2.24, 2.45) is 0 Å². The van der Waals surface area contributed by atoms with Gasteiger partial charge in [0, 0.05) is 26.3 Å². The summed E-state index contributed by atoms with van der Waals surface area (Å²) in [6.07, 6.45) is 2.23. The zero-order valence-electron chi connectivity index (χ0n) is 9.75. The highest BCUT2D eigenvalue weighted by molar-refractivity contribution is 6.31. The Balaban J connectivity index is 2.24. The van der Waals surface area contributed by atoms with Gasteiger partial charge in [0.2, 0.25) is 0 Å². The van der Waals surface area contributed by atoms with Crippen LogP contribution >= 0.6 is 11.6 Å². The first kappa shape index (κ1) is 12.5. The maximum absolute atomic E-state index is 13.4. The molecular formula is C12H16ClFN2O. The fourth-order valence-electron chi connectivity index (χ4n) is 2.17. The van der Waals surface area contributed by atoms with Crippen molar-refractivity contribution in [1.82, 2.24) is 0 Å². The van der Waals surface area contributed by atoms with Crippen molar-refractivity contribution < 1.29 is 9.13 Å². The van der Waals surface area contributed by atoms with Gasteiger partial charge >= 0.3 is 0 Å². The molecule has 1 saturated heterocycles. The van der Waals surface area contributed by atoms with Crippen LogP contribution in [-0.4, -0.2) is 26.3 Å². The molecule has 1 aliphatic rings.